The minimum Gasteiger partial charge on any atom is -0.392 e. The van der Waals surface area contributed by atoms with Crippen molar-refractivity contribution in [1.29, 1.82) is 0 Å². The average Bonchev–Trinajstić information content (AvgIpc) is 2.47. The van der Waals surface area contributed by atoms with Crippen molar-refractivity contribution >= 4 is 5.91 Å². The Morgan fingerprint density at radius 2 is 1.76 bits per heavy atom. The van der Waals surface area contributed by atoms with Gasteiger partial charge in [-0.3, -0.25) is 4.79 Å². The van der Waals surface area contributed by atoms with E-state index < -0.39 is 11.5 Å². The monoisotopic (exact) mass is 292 g/mol. The second kappa shape index (κ2) is 7.57. The number of aliphatic hydroxyl groups is 1. The van der Waals surface area contributed by atoms with E-state index in [1.54, 1.807) is 19.0 Å². The molecule has 21 heavy (non-hydrogen) atoms. The highest BCUT2D eigenvalue weighted by Crippen LogP contribution is 2.35. The summed E-state index contributed by atoms with van der Waals surface area (Å²) in [6.45, 7) is 2.66. The van der Waals surface area contributed by atoms with Crippen LogP contribution >= 0.6 is 0 Å². The zero-order valence-electron chi connectivity index (χ0n) is 13.8. The number of benzene rings is 1. The zero-order valence-corrected chi connectivity index (χ0v) is 13.8. The zero-order chi connectivity index (χ0) is 16.0. The smallest absolute Gasteiger partial charge is 0.235 e. The molecule has 0 bridgehead atoms. The minimum absolute atomic E-state index is 0.0371. The van der Waals surface area contributed by atoms with Gasteiger partial charge >= 0.3 is 0 Å². The van der Waals surface area contributed by atoms with E-state index >= 15 is 0 Å². The largest absolute Gasteiger partial charge is 0.392 e. The van der Waals surface area contributed by atoms with Crippen molar-refractivity contribution in [3.05, 3.63) is 35.9 Å². The lowest BCUT2D eigenvalue weighted by atomic mass is 9.71. The van der Waals surface area contributed by atoms with Crippen LogP contribution < -0.4 is 0 Å². The predicted molar refractivity (Wildman–Crippen MR) is 86.3 cm³/mol. The molecule has 1 rings (SSSR count). The number of aliphatic hydroxyl groups excluding tert-OH is 1. The Morgan fingerprint density at radius 1 is 1.19 bits per heavy atom. The van der Waals surface area contributed by atoms with Gasteiger partial charge < -0.3 is 14.9 Å². The van der Waals surface area contributed by atoms with Crippen LogP contribution in [0, 0.1) is 0 Å². The quantitative estimate of drug-likeness (QED) is 0.832. The molecule has 0 spiro atoms. The second-order valence-electron chi connectivity index (χ2n) is 6.01. The molecular formula is C17H28N2O2. The highest BCUT2D eigenvalue weighted by molar-refractivity contribution is 5.88. The molecule has 0 saturated heterocycles. The lowest BCUT2D eigenvalue weighted by Gasteiger charge is -2.39. The molecule has 0 aliphatic rings. The van der Waals surface area contributed by atoms with Crippen molar-refractivity contribution < 1.29 is 9.90 Å². The summed E-state index contributed by atoms with van der Waals surface area (Å²) in [6.07, 6.45) is 0.438. The van der Waals surface area contributed by atoms with Crippen molar-refractivity contribution in [1.82, 2.24) is 9.80 Å². The van der Waals surface area contributed by atoms with Gasteiger partial charge in [0.25, 0.3) is 0 Å². The molecule has 1 aromatic carbocycles. The summed E-state index contributed by atoms with van der Waals surface area (Å²) in [5.41, 5.74) is 0.00366. The van der Waals surface area contributed by atoms with Gasteiger partial charge in [0.05, 0.1) is 6.10 Å². The first-order valence-electron chi connectivity index (χ1n) is 7.46. The Morgan fingerprint density at radius 3 is 2.19 bits per heavy atom. The van der Waals surface area contributed by atoms with Crippen LogP contribution in [-0.4, -0.2) is 61.7 Å². The third kappa shape index (κ3) is 3.83. The highest BCUT2D eigenvalue weighted by atomic mass is 16.3. The molecule has 4 nitrogen and oxygen atoms in total. The molecular weight excluding hydrogens is 264 g/mol. The Balaban J connectivity index is 3.37. The standard InChI is InChI=1S/C17H28N2O2/c1-6-15(20)17(12-13-18(2)3,16(21)19(4)5)14-10-8-7-9-11-14/h7-11,15,20H,6,12-13H2,1-5H3/t15-,17+/m1/s1. The van der Waals surface area contributed by atoms with Gasteiger partial charge in [-0.2, -0.15) is 0 Å². The predicted octanol–water partition coefficient (Wildman–Crippen LogP) is 1.74. The minimum atomic E-state index is -0.885. The first-order valence-corrected chi connectivity index (χ1v) is 7.46. The van der Waals surface area contributed by atoms with Gasteiger partial charge in [-0.1, -0.05) is 37.3 Å². The Hall–Kier alpha value is -1.39. The summed E-state index contributed by atoms with van der Waals surface area (Å²) in [4.78, 5) is 16.6. The summed E-state index contributed by atoms with van der Waals surface area (Å²) >= 11 is 0. The van der Waals surface area contributed by atoms with Crippen LogP contribution in [0.15, 0.2) is 30.3 Å². The fourth-order valence-corrected chi connectivity index (χ4v) is 2.76. The Bertz CT molecular complexity index is 445. The fourth-order valence-electron chi connectivity index (χ4n) is 2.76. The molecule has 0 saturated carbocycles. The molecule has 0 unspecified atom stereocenters. The highest BCUT2D eigenvalue weighted by Gasteiger charge is 2.46. The molecule has 118 valence electrons. The van der Waals surface area contributed by atoms with Crippen molar-refractivity contribution in [2.75, 3.05) is 34.7 Å². The van der Waals surface area contributed by atoms with Crippen molar-refractivity contribution in [3.8, 4) is 0 Å². The van der Waals surface area contributed by atoms with Crippen LogP contribution in [0.4, 0.5) is 0 Å². The van der Waals surface area contributed by atoms with Crippen LogP contribution in [0.2, 0.25) is 0 Å². The molecule has 0 radical (unpaired) electrons. The van der Waals surface area contributed by atoms with E-state index in [-0.39, 0.29) is 5.91 Å². The van der Waals surface area contributed by atoms with Crippen LogP contribution in [0.3, 0.4) is 0 Å². The molecule has 4 heteroatoms. The van der Waals surface area contributed by atoms with E-state index in [1.165, 1.54) is 0 Å². The number of likely N-dealkylation sites (N-methyl/N-ethyl adjacent to an activating group) is 1. The van der Waals surface area contributed by atoms with Gasteiger partial charge in [-0.15, -0.1) is 0 Å². The maximum atomic E-state index is 12.9. The summed E-state index contributed by atoms with van der Waals surface area (Å²) in [7, 11) is 7.46. The molecule has 2 atom stereocenters. The number of hydrogen-bond donors (Lipinski definition) is 1. The number of rotatable bonds is 7. The van der Waals surface area contributed by atoms with Crippen molar-refractivity contribution in [2.24, 2.45) is 0 Å². The van der Waals surface area contributed by atoms with E-state index in [0.717, 1.165) is 12.1 Å². The van der Waals surface area contributed by atoms with Crippen LogP contribution in [0.25, 0.3) is 0 Å². The summed E-state index contributed by atoms with van der Waals surface area (Å²) in [6, 6.07) is 9.65. The number of hydrogen-bond acceptors (Lipinski definition) is 3. The Kier molecular flexibility index (Phi) is 6.37. The molecule has 0 heterocycles. The summed E-state index contributed by atoms with van der Waals surface area (Å²) in [5.74, 6) is -0.0371. The number of carbonyl (C=O) groups is 1. The lowest BCUT2D eigenvalue weighted by Crippen LogP contribution is -2.53. The van der Waals surface area contributed by atoms with E-state index in [4.69, 9.17) is 0 Å². The topological polar surface area (TPSA) is 43.8 Å². The van der Waals surface area contributed by atoms with Gasteiger partial charge in [-0.05, 0) is 39.0 Å². The van der Waals surface area contributed by atoms with Crippen LogP contribution in [0.5, 0.6) is 0 Å². The fraction of sp³-hybridized carbons (Fsp3) is 0.588. The molecule has 0 aliphatic carbocycles. The van der Waals surface area contributed by atoms with Crippen molar-refractivity contribution in [3.63, 3.8) is 0 Å². The van der Waals surface area contributed by atoms with Gasteiger partial charge in [0.15, 0.2) is 0 Å². The third-order valence-corrected chi connectivity index (χ3v) is 3.99. The maximum Gasteiger partial charge on any atom is 0.235 e. The molecule has 0 aliphatic heterocycles. The number of nitrogens with zero attached hydrogens (tertiary/aromatic N) is 2. The van der Waals surface area contributed by atoms with Gasteiger partial charge in [-0.25, -0.2) is 0 Å². The average molecular weight is 292 g/mol. The summed E-state index contributed by atoms with van der Waals surface area (Å²) < 4.78 is 0. The normalized spacial score (nSPS) is 15.6. The number of amides is 1. The third-order valence-electron chi connectivity index (χ3n) is 3.99. The molecule has 1 amide bonds. The Labute approximate surface area is 128 Å². The van der Waals surface area contributed by atoms with E-state index in [0.29, 0.717) is 12.8 Å². The van der Waals surface area contributed by atoms with Crippen LogP contribution in [0.1, 0.15) is 25.3 Å². The van der Waals surface area contributed by atoms with Crippen LogP contribution in [-0.2, 0) is 10.2 Å². The maximum absolute atomic E-state index is 12.9. The van der Waals surface area contributed by atoms with E-state index in [1.807, 2.05) is 56.3 Å². The molecule has 1 aromatic rings. The van der Waals surface area contributed by atoms with E-state index in [2.05, 4.69) is 0 Å². The first kappa shape index (κ1) is 17.7. The first-order chi connectivity index (χ1) is 9.86. The lowest BCUT2D eigenvalue weighted by molar-refractivity contribution is -0.140. The summed E-state index contributed by atoms with van der Waals surface area (Å²) in [5, 5.41) is 10.7. The molecule has 0 fully saturated rings. The number of carbonyl (C=O) groups excluding carboxylic acids is 1. The second-order valence-corrected chi connectivity index (χ2v) is 6.01. The molecule has 0 aromatic heterocycles. The molecule has 1 N–H and O–H groups in total. The SMILES string of the molecule is CC[C@@H](O)[C@@](CCN(C)C)(C(=O)N(C)C)c1ccccc1. The van der Waals surface area contributed by atoms with Gasteiger partial charge in [0, 0.05) is 14.1 Å². The van der Waals surface area contributed by atoms with Gasteiger partial charge in [0.1, 0.15) is 5.41 Å². The van der Waals surface area contributed by atoms with Gasteiger partial charge in [0.2, 0.25) is 5.91 Å². The van der Waals surface area contributed by atoms with Crippen molar-refractivity contribution in [2.45, 2.75) is 31.3 Å². The van der Waals surface area contributed by atoms with E-state index in [9.17, 15) is 9.90 Å².